The molecule has 0 radical (unpaired) electrons. The van der Waals surface area contributed by atoms with Gasteiger partial charge in [0, 0.05) is 12.3 Å². The predicted molar refractivity (Wildman–Crippen MR) is 80.0 cm³/mol. The molecule has 0 fully saturated rings. The van der Waals surface area contributed by atoms with Gasteiger partial charge in [0.2, 0.25) is 5.88 Å². The lowest BCUT2D eigenvalue weighted by Gasteiger charge is -2.23. The van der Waals surface area contributed by atoms with Crippen LogP contribution >= 0.6 is 0 Å². The van der Waals surface area contributed by atoms with Crippen LogP contribution in [0.1, 0.15) is 38.3 Å². The van der Waals surface area contributed by atoms with E-state index in [-0.39, 0.29) is 12.0 Å². The monoisotopic (exact) mass is 271 g/mol. The van der Waals surface area contributed by atoms with Gasteiger partial charge >= 0.3 is 0 Å². The SMILES string of the molecule is CCC(C)(C)c1ccc(Oc2ccc(CO)cn2)cc1. The quantitative estimate of drug-likeness (QED) is 0.892. The topological polar surface area (TPSA) is 42.4 Å². The second-order valence-corrected chi connectivity index (χ2v) is 5.53. The van der Waals surface area contributed by atoms with Gasteiger partial charge in [0.1, 0.15) is 5.75 Å². The van der Waals surface area contributed by atoms with E-state index >= 15 is 0 Å². The van der Waals surface area contributed by atoms with E-state index in [2.05, 4.69) is 37.9 Å². The van der Waals surface area contributed by atoms with Crippen molar-refractivity contribution in [2.45, 2.75) is 39.2 Å². The molecule has 0 aliphatic heterocycles. The Balaban J connectivity index is 2.10. The average Bonchev–Trinajstić information content (AvgIpc) is 2.48. The van der Waals surface area contributed by atoms with Crippen molar-refractivity contribution in [3.63, 3.8) is 0 Å². The van der Waals surface area contributed by atoms with Crippen molar-refractivity contribution >= 4 is 0 Å². The normalized spacial score (nSPS) is 11.4. The standard InChI is InChI=1S/C17H21NO2/c1-4-17(2,3)14-6-8-15(9-7-14)20-16-10-5-13(12-19)11-18-16/h5-11,19H,4,12H2,1-3H3. The van der Waals surface area contributed by atoms with E-state index < -0.39 is 0 Å². The molecular weight excluding hydrogens is 250 g/mol. The summed E-state index contributed by atoms with van der Waals surface area (Å²) in [4.78, 5) is 4.15. The molecule has 1 aromatic heterocycles. The van der Waals surface area contributed by atoms with Crippen LogP contribution in [0.2, 0.25) is 0 Å². The van der Waals surface area contributed by atoms with Crippen LogP contribution < -0.4 is 4.74 Å². The molecule has 0 bridgehead atoms. The summed E-state index contributed by atoms with van der Waals surface area (Å²) in [6, 6.07) is 11.7. The van der Waals surface area contributed by atoms with E-state index in [9.17, 15) is 0 Å². The van der Waals surface area contributed by atoms with E-state index in [0.29, 0.717) is 5.88 Å². The summed E-state index contributed by atoms with van der Waals surface area (Å²) >= 11 is 0. The molecule has 106 valence electrons. The van der Waals surface area contributed by atoms with Crippen molar-refractivity contribution in [1.82, 2.24) is 4.98 Å². The minimum absolute atomic E-state index is 0.00588. The maximum absolute atomic E-state index is 8.97. The van der Waals surface area contributed by atoms with Gasteiger partial charge < -0.3 is 9.84 Å². The van der Waals surface area contributed by atoms with Crippen molar-refractivity contribution < 1.29 is 9.84 Å². The number of benzene rings is 1. The highest BCUT2D eigenvalue weighted by Crippen LogP contribution is 2.29. The van der Waals surface area contributed by atoms with E-state index in [1.807, 2.05) is 12.1 Å². The van der Waals surface area contributed by atoms with Gasteiger partial charge in [-0.3, -0.25) is 0 Å². The summed E-state index contributed by atoms with van der Waals surface area (Å²) in [6.07, 6.45) is 2.71. The maximum atomic E-state index is 8.97. The van der Waals surface area contributed by atoms with Crippen LogP contribution in [0.15, 0.2) is 42.6 Å². The highest BCUT2D eigenvalue weighted by Gasteiger charge is 2.17. The summed E-state index contributed by atoms with van der Waals surface area (Å²) in [5.41, 5.74) is 2.26. The molecule has 0 spiro atoms. The third-order valence-electron chi connectivity index (χ3n) is 3.72. The minimum atomic E-state index is -0.00588. The molecule has 0 aliphatic rings. The number of hydrogen-bond acceptors (Lipinski definition) is 3. The summed E-state index contributed by atoms with van der Waals surface area (Å²) in [5, 5.41) is 8.97. The fourth-order valence-corrected chi connectivity index (χ4v) is 1.86. The van der Waals surface area contributed by atoms with Crippen molar-refractivity contribution in [3.05, 3.63) is 53.7 Å². The van der Waals surface area contributed by atoms with Gasteiger partial charge in [-0.25, -0.2) is 4.98 Å². The third kappa shape index (κ3) is 3.36. The number of hydrogen-bond donors (Lipinski definition) is 1. The second kappa shape index (κ2) is 6.06. The molecule has 20 heavy (non-hydrogen) atoms. The van der Waals surface area contributed by atoms with Gasteiger partial charge in [-0.2, -0.15) is 0 Å². The number of aliphatic hydroxyl groups is 1. The van der Waals surface area contributed by atoms with Gasteiger partial charge in [0.15, 0.2) is 0 Å². The number of rotatable bonds is 5. The Morgan fingerprint density at radius 3 is 2.30 bits per heavy atom. The Hall–Kier alpha value is -1.87. The number of nitrogens with zero attached hydrogens (tertiary/aromatic N) is 1. The van der Waals surface area contributed by atoms with Crippen molar-refractivity contribution in [3.8, 4) is 11.6 Å². The van der Waals surface area contributed by atoms with Crippen molar-refractivity contribution in [2.75, 3.05) is 0 Å². The molecule has 1 N–H and O–H groups in total. The first-order valence-electron chi connectivity index (χ1n) is 6.89. The minimum Gasteiger partial charge on any atom is -0.439 e. The van der Waals surface area contributed by atoms with Gasteiger partial charge in [0.25, 0.3) is 0 Å². The highest BCUT2D eigenvalue weighted by molar-refractivity contribution is 5.33. The van der Waals surface area contributed by atoms with Crippen LogP contribution in [-0.4, -0.2) is 10.1 Å². The molecule has 2 aromatic rings. The Bertz CT molecular complexity index is 544. The number of ether oxygens (including phenoxy) is 1. The highest BCUT2D eigenvalue weighted by atomic mass is 16.5. The van der Waals surface area contributed by atoms with E-state index in [1.54, 1.807) is 18.3 Å². The van der Waals surface area contributed by atoms with Gasteiger partial charge in [-0.05, 0) is 41.2 Å². The second-order valence-electron chi connectivity index (χ2n) is 5.53. The zero-order valence-corrected chi connectivity index (χ0v) is 12.3. The molecular formula is C17H21NO2. The molecule has 0 aliphatic carbocycles. The summed E-state index contributed by atoms with van der Waals surface area (Å²) in [6.45, 7) is 6.65. The van der Waals surface area contributed by atoms with E-state index in [1.165, 1.54) is 5.56 Å². The number of pyridine rings is 1. The third-order valence-corrected chi connectivity index (χ3v) is 3.72. The molecule has 0 unspecified atom stereocenters. The summed E-state index contributed by atoms with van der Waals surface area (Å²) < 4.78 is 5.69. The Morgan fingerprint density at radius 1 is 1.10 bits per heavy atom. The zero-order valence-electron chi connectivity index (χ0n) is 12.3. The zero-order chi connectivity index (χ0) is 14.6. The lowest BCUT2D eigenvalue weighted by Crippen LogP contribution is -2.14. The van der Waals surface area contributed by atoms with Crippen LogP contribution in [0.3, 0.4) is 0 Å². The molecule has 1 aromatic carbocycles. The fourth-order valence-electron chi connectivity index (χ4n) is 1.86. The lowest BCUT2D eigenvalue weighted by atomic mass is 9.82. The first-order chi connectivity index (χ1) is 9.55. The maximum Gasteiger partial charge on any atom is 0.219 e. The van der Waals surface area contributed by atoms with Crippen LogP contribution in [0.5, 0.6) is 11.6 Å². The number of aromatic nitrogens is 1. The first kappa shape index (κ1) is 14.5. The van der Waals surface area contributed by atoms with Crippen LogP contribution in [0, 0.1) is 0 Å². The molecule has 3 heteroatoms. The molecule has 0 saturated heterocycles. The Labute approximate surface area is 120 Å². The van der Waals surface area contributed by atoms with Crippen LogP contribution in [-0.2, 0) is 12.0 Å². The molecule has 1 heterocycles. The molecule has 0 atom stereocenters. The van der Waals surface area contributed by atoms with Gasteiger partial charge in [-0.15, -0.1) is 0 Å². The van der Waals surface area contributed by atoms with Crippen LogP contribution in [0.25, 0.3) is 0 Å². The Kier molecular flexibility index (Phi) is 4.40. The smallest absolute Gasteiger partial charge is 0.219 e. The Morgan fingerprint density at radius 2 is 1.80 bits per heavy atom. The molecule has 2 rings (SSSR count). The predicted octanol–water partition coefficient (Wildman–Crippen LogP) is 4.05. The van der Waals surface area contributed by atoms with E-state index in [0.717, 1.165) is 17.7 Å². The first-order valence-corrected chi connectivity index (χ1v) is 6.89. The molecule has 0 amide bonds. The van der Waals surface area contributed by atoms with Crippen molar-refractivity contribution in [2.24, 2.45) is 0 Å². The molecule has 3 nitrogen and oxygen atoms in total. The number of aliphatic hydroxyl groups excluding tert-OH is 1. The fraction of sp³-hybridized carbons (Fsp3) is 0.353. The largest absolute Gasteiger partial charge is 0.439 e. The average molecular weight is 271 g/mol. The summed E-state index contributed by atoms with van der Waals surface area (Å²) in [5.74, 6) is 1.30. The summed E-state index contributed by atoms with van der Waals surface area (Å²) in [7, 11) is 0. The van der Waals surface area contributed by atoms with Crippen molar-refractivity contribution in [1.29, 1.82) is 0 Å². The lowest BCUT2D eigenvalue weighted by molar-refractivity contribution is 0.281. The van der Waals surface area contributed by atoms with E-state index in [4.69, 9.17) is 9.84 Å². The molecule has 0 saturated carbocycles. The van der Waals surface area contributed by atoms with Gasteiger partial charge in [0.05, 0.1) is 6.61 Å². The van der Waals surface area contributed by atoms with Gasteiger partial charge in [-0.1, -0.05) is 32.9 Å². The van der Waals surface area contributed by atoms with Crippen LogP contribution in [0.4, 0.5) is 0 Å².